The van der Waals surface area contributed by atoms with Crippen molar-refractivity contribution in [1.29, 1.82) is 0 Å². The molecular weight excluding hydrogens is 184 g/mol. The summed E-state index contributed by atoms with van der Waals surface area (Å²) in [5.74, 6) is 0. The van der Waals surface area contributed by atoms with E-state index in [1.54, 1.807) is 0 Å². The molecule has 0 heterocycles. The van der Waals surface area contributed by atoms with E-state index in [9.17, 15) is 0 Å². The van der Waals surface area contributed by atoms with Gasteiger partial charge in [0.1, 0.15) is 0 Å². The lowest BCUT2D eigenvalue weighted by atomic mass is 9.76. The fourth-order valence-corrected chi connectivity index (χ4v) is 2.62. The first-order valence-corrected chi connectivity index (χ1v) is 6.73. The van der Waals surface area contributed by atoms with Crippen LogP contribution in [-0.4, -0.2) is 25.7 Å². The minimum absolute atomic E-state index is 0.595. The highest BCUT2D eigenvalue weighted by Gasteiger charge is 2.26. The van der Waals surface area contributed by atoms with Crippen LogP contribution in [0.3, 0.4) is 0 Å². The summed E-state index contributed by atoms with van der Waals surface area (Å²) in [5, 5.41) is 7.16. The van der Waals surface area contributed by atoms with Gasteiger partial charge in [0.15, 0.2) is 0 Å². The lowest BCUT2D eigenvalue weighted by Crippen LogP contribution is -2.37. The molecule has 2 N–H and O–H groups in total. The SMILES string of the molecule is CC1(CNCCNC2CC2)CCCCC1. The second kappa shape index (κ2) is 5.31. The van der Waals surface area contributed by atoms with E-state index in [1.807, 2.05) is 0 Å². The van der Waals surface area contributed by atoms with Crippen molar-refractivity contribution in [3.63, 3.8) is 0 Å². The molecule has 0 bridgehead atoms. The molecule has 2 fully saturated rings. The zero-order valence-corrected chi connectivity index (χ0v) is 10.1. The topological polar surface area (TPSA) is 24.1 Å². The molecule has 0 aromatic heterocycles. The number of hydrogen-bond donors (Lipinski definition) is 2. The molecule has 0 atom stereocenters. The van der Waals surface area contributed by atoms with Crippen LogP contribution in [-0.2, 0) is 0 Å². The van der Waals surface area contributed by atoms with Crippen molar-refractivity contribution in [2.24, 2.45) is 5.41 Å². The van der Waals surface area contributed by atoms with Crippen molar-refractivity contribution >= 4 is 0 Å². The van der Waals surface area contributed by atoms with Crippen molar-refractivity contribution < 1.29 is 0 Å². The molecule has 0 aromatic carbocycles. The molecule has 0 unspecified atom stereocenters. The second-order valence-corrected chi connectivity index (χ2v) is 5.78. The Bertz CT molecular complexity index is 181. The minimum atomic E-state index is 0.595. The fourth-order valence-electron chi connectivity index (χ4n) is 2.62. The number of hydrogen-bond acceptors (Lipinski definition) is 2. The Kier molecular flexibility index (Phi) is 4.04. The lowest BCUT2D eigenvalue weighted by molar-refractivity contribution is 0.208. The van der Waals surface area contributed by atoms with Crippen LogP contribution in [0.5, 0.6) is 0 Å². The molecule has 2 heteroatoms. The second-order valence-electron chi connectivity index (χ2n) is 5.78. The van der Waals surface area contributed by atoms with Crippen LogP contribution in [0.25, 0.3) is 0 Å². The van der Waals surface area contributed by atoms with Crippen LogP contribution in [0, 0.1) is 5.41 Å². The Labute approximate surface area is 94.2 Å². The van der Waals surface area contributed by atoms with Gasteiger partial charge in [-0.25, -0.2) is 0 Å². The largest absolute Gasteiger partial charge is 0.315 e. The van der Waals surface area contributed by atoms with Gasteiger partial charge in [0.2, 0.25) is 0 Å². The van der Waals surface area contributed by atoms with Gasteiger partial charge in [0.05, 0.1) is 0 Å². The molecule has 0 amide bonds. The Hall–Kier alpha value is -0.0800. The highest BCUT2D eigenvalue weighted by atomic mass is 15.0. The van der Waals surface area contributed by atoms with E-state index in [1.165, 1.54) is 51.5 Å². The Morgan fingerprint density at radius 1 is 1.07 bits per heavy atom. The predicted molar refractivity (Wildman–Crippen MR) is 65.1 cm³/mol. The van der Waals surface area contributed by atoms with Crippen LogP contribution in [0.4, 0.5) is 0 Å². The van der Waals surface area contributed by atoms with Gasteiger partial charge < -0.3 is 10.6 Å². The summed E-state index contributed by atoms with van der Waals surface area (Å²) >= 11 is 0. The lowest BCUT2D eigenvalue weighted by Gasteiger charge is -2.33. The molecule has 0 saturated heterocycles. The molecule has 2 nitrogen and oxygen atoms in total. The Morgan fingerprint density at radius 3 is 2.47 bits per heavy atom. The average molecular weight is 210 g/mol. The first kappa shape index (κ1) is 11.4. The van der Waals surface area contributed by atoms with Crippen molar-refractivity contribution in [1.82, 2.24) is 10.6 Å². The van der Waals surface area contributed by atoms with E-state index in [0.717, 1.165) is 19.1 Å². The summed E-state index contributed by atoms with van der Waals surface area (Å²) in [5.41, 5.74) is 0.595. The highest BCUT2D eigenvalue weighted by Crippen LogP contribution is 2.34. The maximum atomic E-state index is 3.62. The first-order valence-electron chi connectivity index (χ1n) is 6.73. The summed E-state index contributed by atoms with van der Waals surface area (Å²) in [6.45, 7) is 5.97. The van der Waals surface area contributed by atoms with Crippen LogP contribution >= 0.6 is 0 Å². The molecule has 2 saturated carbocycles. The molecule has 2 aliphatic carbocycles. The van der Waals surface area contributed by atoms with E-state index in [-0.39, 0.29) is 0 Å². The Morgan fingerprint density at radius 2 is 1.80 bits per heavy atom. The highest BCUT2D eigenvalue weighted by molar-refractivity contribution is 4.82. The van der Waals surface area contributed by atoms with Gasteiger partial charge >= 0.3 is 0 Å². The average Bonchev–Trinajstić information content (AvgIpc) is 3.02. The smallest absolute Gasteiger partial charge is 0.00793 e. The van der Waals surface area contributed by atoms with Crippen molar-refractivity contribution in [3.05, 3.63) is 0 Å². The monoisotopic (exact) mass is 210 g/mol. The van der Waals surface area contributed by atoms with Gasteiger partial charge in [-0.15, -0.1) is 0 Å². The third-order valence-electron chi connectivity index (χ3n) is 3.92. The fraction of sp³-hybridized carbons (Fsp3) is 1.00. The molecular formula is C13H26N2. The molecule has 2 rings (SSSR count). The maximum absolute atomic E-state index is 3.62. The summed E-state index contributed by atoms with van der Waals surface area (Å²) in [6.07, 6.45) is 10.00. The summed E-state index contributed by atoms with van der Waals surface area (Å²) in [4.78, 5) is 0. The zero-order chi connectivity index (χ0) is 10.6. The van der Waals surface area contributed by atoms with Gasteiger partial charge in [-0.3, -0.25) is 0 Å². The van der Waals surface area contributed by atoms with Crippen LogP contribution < -0.4 is 10.6 Å². The Balaban J connectivity index is 1.51. The predicted octanol–water partition coefficient (Wildman–Crippen LogP) is 2.30. The van der Waals surface area contributed by atoms with E-state index in [0.29, 0.717) is 5.41 Å². The van der Waals surface area contributed by atoms with Crippen LogP contribution in [0.15, 0.2) is 0 Å². The van der Waals surface area contributed by atoms with Gasteiger partial charge in [-0.1, -0.05) is 26.2 Å². The van der Waals surface area contributed by atoms with Crippen LogP contribution in [0.1, 0.15) is 51.9 Å². The standard InChI is InChI=1S/C13H26N2/c1-13(7-3-2-4-8-13)11-14-9-10-15-12-5-6-12/h12,14-15H,2-11H2,1H3. The van der Waals surface area contributed by atoms with E-state index >= 15 is 0 Å². The number of nitrogens with one attached hydrogen (secondary N) is 2. The van der Waals surface area contributed by atoms with Crippen molar-refractivity contribution in [2.75, 3.05) is 19.6 Å². The van der Waals surface area contributed by atoms with Gasteiger partial charge in [-0.05, 0) is 31.1 Å². The van der Waals surface area contributed by atoms with E-state index in [4.69, 9.17) is 0 Å². The third-order valence-corrected chi connectivity index (χ3v) is 3.92. The van der Waals surface area contributed by atoms with Crippen molar-refractivity contribution in [2.45, 2.75) is 57.9 Å². The van der Waals surface area contributed by atoms with Crippen LogP contribution in [0.2, 0.25) is 0 Å². The first-order chi connectivity index (χ1) is 7.29. The molecule has 15 heavy (non-hydrogen) atoms. The van der Waals surface area contributed by atoms with Crippen molar-refractivity contribution in [3.8, 4) is 0 Å². The minimum Gasteiger partial charge on any atom is -0.315 e. The number of rotatable bonds is 6. The normalized spacial score (nSPS) is 25.4. The molecule has 0 aliphatic heterocycles. The summed E-state index contributed by atoms with van der Waals surface area (Å²) in [6, 6.07) is 0.858. The molecule has 0 radical (unpaired) electrons. The maximum Gasteiger partial charge on any atom is 0.00793 e. The summed E-state index contributed by atoms with van der Waals surface area (Å²) in [7, 11) is 0. The molecule has 0 aromatic rings. The molecule has 88 valence electrons. The van der Waals surface area contributed by atoms with Gasteiger partial charge in [-0.2, -0.15) is 0 Å². The van der Waals surface area contributed by atoms with E-state index < -0.39 is 0 Å². The van der Waals surface area contributed by atoms with E-state index in [2.05, 4.69) is 17.6 Å². The molecule has 0 spiro atoms. The zero-order valence-electron chi connectivity index (χ0n) is 10.1. The third kappa shape index (κ3) is 4.12. The summed E-state index contributed by atoms with van der Waals surface area (Å²) < 4.78 is 0. The van der Waals surface area contributed by atoms with Gasteiger partial charge in [0.25, 0.3) is 0 Å². The molecule has 2 aliphatic rings. The quantitative estimate of drug-likeness (QED) is 0.657. The van der Waals surface area contributed by atoms with Gasteiger partial charge in [0, 0.05) is 25.7 Å².